The van der Waals surface area contributed by atoms with Crippen molar-refractivity contribution >= 4 is 38.8 Å². The van der Waals surface area contributed by atoms with Crippen molar-refractivity contribution in [2.24, 2.45) is 5.92 Å². The van der Waals surface area contributed by atoms with Crippen molar-refractivity contribution < 1.29 is 0 Å². The second-order valence-corrected chi connectivity index (χ2v) is 18.5. The molecule has 0 N–H and O–H groups in total. The number of nitrogens with zero attached hydrogens (tertiary/aromatic N) is 2. The van der Waals surface area contributed by atoms with Gasteiger partial charge < -0.3 is 9.13 Å². The smallest absolute Gasteiger partial charge is 0.197 e. The Morgan fingerprint density at radius 3 is 1.67 bits per heavy atom. The molecule has 0 saturated heterocycles. The van der Waals surface area contributed by atoms with E-state index in [4.69, 9.17) is 12.8 Å². The van der Waals surface area contributed by atoms with E-state index >= 15 is 4.79 Å². The Hall–Kier alpha value is -8.80. The molecular weight excluding hydrogens is 841 g/mol. The van der Waals surface area contributed by atoms with Gasteiger partial charge in [-0.05, 0) is 92.9 Å². The number of hydrogen-bond donors (Lipinski definition) is 0. The zero-order valence-corrected chi connectivity index (χ0v) is 38.3. The van der Waals surface area contributed by atoms with Crippen LogP contribution in [0.5, 0.6) is 0 Å². The molecule has 2 heterocycles. The van der Waals surface area contributed by atoms with Gasteiger partial charge in [0.25, 0.3) is 0 Å². The summed E-state index contributed by atoms with van der Waals surface area (Å²) in [6.45, 7) is 4.95. The third-order valence-corrected chi connectivity index (χ3v) is 15.2. The number of para-hydroxylation sites is 1. The average molecular weight is 885 g/mol. The van der Waals surface area contributed by atoms with E-state index in [-0.39, 0.29) is 29.9 Å². The van der Waals surface area contributed by atoms with Gasteiger partial charge in [0.05, 0.1) is 40.5 Å². The van der Waals surface area contributed by atoms with Crippen molar-refractivity contribution in [1.29, 1.82) is 0 Å². The Labute approximate surface area is 401 Å². The fraction of sp³-hybridized carbons (Fsp3) is 0.138. The molecule has 0 aliphatic heterocycles. The Balaban J connectivity index is 1.07. The van der Waals surface area contributed by atoms with Crippen LogP contribution in [0.2, 0.25) is 0 Å². The highest BCUT2D eigenvalue weighted by Crippen LogP contribution is 2.58. The van der Waals surface area contributed by atoms with Gasteiger partial charge in [0, 0.05) is 44.5 Å². The van der Waals surface area contributed by atoms with Crippen molar-refractivity contribution in [1.82, 2.24) is 9.13 Å². The number of benzene rings is 7. The van der Waals surface area contributed by atoms with E-state index in [1.54, 1.807) is 0 Å². The molecule has 3 aliphatic rings. The highest BCUT2D eigenvalue weighted by molar-refractivity contribution is 6.02. The summed E-state index contributed by atoms with van der Waals surface area (Å²) >= 11 is 0. The molecule has 0 radical (unpaired) electrons. The maximum absolute atomic E-state index is 15.1. The number of allylic oxidation sites excluding steroid dienone is 1. The Kier molecular flexibility index (Phi) is 9.61. The van der Waals surface area contributed by atoms with Crippen LogP contribution in [0.15, 0.2) is 173 Å². The first-order chi connectivity index (χ1) is 33.8. The van der Waals surface area contributed by atoms with E-state index in [0.717, 1.165) is 51.0 Å². The van der Waals surface area contributed by atoms with Crippen LogP contribution in [0.1, 0.15) is 70.8 Å². The van der Waals surface area contributed by atoms with Crippen LogP contribution in [0.25, 0.3) is 61.0 Å². The van der Waals surface area contributed by atoms with Crippen LogP contribution in [-0.2, 0) is 23.9 Å². The lowest BCUT2D eigenvalue weighted by molar-refractivity contribution is 0.425. The second kappa shape index (κ2) is 15.9. The molecule has 12 rings (SSSR count). The first-order valence-electron chi connectivity index (χ1n) is 23.6. The molecule has 326 valence electrons. The number of rotatable bonds is 5. The van der Waals surface area contributed by atoms with E-state index in [1.807, 2.05) is 59.2 Å². The number of hydrogen-bond acceptors (Lipinski definition) is 2. The van der Waals surface area contributed by atoms with Crippen molar-refractivity contribution in [3.63, 3.8) is 0 Å². The van der Waals surface area contributed by atoms with Crippen LogP contribution in [0.4, 0.5) is 0 Å². The summed E-state index contributed by atoms with van der Waals surface area (Å²) in [5, 5.41) is 1.49. The van der Waals surface area contributed by atoms with E-state index in [0.29, 0.717) is 32.8 Å². The van der Waals surface area contributed by atoms with Gasteiger partial charge in [-0.2, -0.15) is 0 Å². The largest absolute Gasteiger partial charge is 0.331 e. The van der Waals surface area contributed by atoms with Gasteiger partial charge in [0.15, 0.2) is 10.9 Å². The van der Waals surface area contributed by atoms with Crippen molar-refractivity contribution in [2.45, 2.75) is 50.1 Å². The maximum atomic E-state index is 15.1. The summed E-state index contributed by atoms with van der Waals surface area (Å²) in [6, 6.07) is 53.7. The fourth-order valence-electron chi connectivity index (χ4n) is 11.9. The molecule has 4 nitrogen and oxygen atoms in total. The molecule has 0 saturated carbocycles. The molecule has 0 amide bonds. The van der Waals surface area contributed by atoms with Crippen LogP contribution in [0, 0.1) is 54.3 Å². The third kappa shape index (κ3) is 5.90. The molecule has 9 aromatic rings. The first-order valence-corrected chi connectivity index (χ1v) is 23.6. The average Bonchev–Trinajstić information content (AvgIpc) is 4.06. The van der Waals surface area contributed by atoms with E-state index in [9.17, 15) is 4.79 Å². The normalized spacial score (nSPS) is 15.4. The highest BCUT2D eigenvalue weighted by atomic mass is 16.1. The molecule has 2 unspecified atom stereocenters. The first kappa shape index (κ1) is 41.6. The predicted octanol–water partition coefficient (Wildman–Crippen LogP) is 12.2. The summed E-state index contributed by atoms with van der Waals surface area (Å²) < 4.78 is 4.00. The highest BCUT2D eigenvalue weighted by Gasteiger charge is 2.51. The molecule has 0 spiro atoms. The molecule has 3 aliphatic carbocycles. The molecule has 2 atom stereocenters. The van der Waals surface area contributed by atoms with Gasteiger partial charge in [-0.25, -0.2) is 0 Å². The van der Waals surface area contributed by atoms with Crippen LogP contribution < -0.4 is 10.9 Å². The molecule has 4 heteroatoms. The maximum Gasteiger partial charge on any atom is 0.197 e. The molecule has 0 fully saturated rings. The Bertz CT molecular complexity index is 3990. The van der Waals surface area contributed by atoms with E-state index < -0.39 is 16.7 Å². The summed E-state index contributed by atoms with van der Waals surface area (Å²) in [5.41, 5.74) is 12.6. The van der Waals surface area contributed by atoms with Gasteiger partial charge in [-0.3, -0.25) is 9.59 Å². The third-order valence-electron chi connectivity index (χ3n) is 15.2. The summed E-state index contributed by atoms with van der Waals surface area (Å²) in [7, 11) is 0. The van der Waals surface area contributed by atoms with Crippen molar-refractivity contribution in [2.75, 3.05) is 0 Å². The molecule has 7 aromatic carbocycles. The second-order valence-electron chi connectivity index (χ2n) is 18.5. The lowest BCUT2D eigenvalue weighted by atomic mass is 9.68. The lowest BCUT2D eigenvalue weighted by Gasteiger charge is -2.34. The van der Waals surface area contributed by atoms with Gasteiger partial charge in [-0.1, -0.05) is 183 Å². The monoisotopic (exact) mass is 884 g/mol. The Morgan fingerprint density at radius 2 is 1.06 bits per heavy atom. The minimum absolute atomic E-state index is 0.133. The van der Waals surface area contributed by atoms with E-state index in [2.05, 4.69) is 169 Å². The number of terminal acetylenes is 2. The summed E-state index contributed by atoms with van der Waals surface area (Å²) in [6.07, 6.45) is 17.2. The molecule has 2 aromatic heterocycles. The minimum Gasteiger partial charge on any atom is -0.331 e. The number of aromatic nitrogens is 2. The summed E-state index contributed by atoms with van der Waals surface area (Å²) in [5.74, 6) is 20.6. The van der Waals surface area contributed by atoms with Crippen molar-refractivity contribution in [3.8, 4) is 70.6 Å². The van der Waals surface area contributed by atoms with E-state index in [1.165, 1.54) is 22.3 Å². The zero-order chi connectivity index (χ0) is 47.0. The Morgan fingerprint density at radius 1 is 0.551 bits per heavy atom. The standard InChI is InChI=1S/C65H44N2O2/c1-5-37-66-58-30-17-12-25-49(58)62(68)51-41-60-52(40-59(51)66)63(69)50-31-32-57(61(50)67(60)38-6-2)65(55-28-15-10-23-47(55)48-24-11-16-29-56(48)65)36-34-44-20-18-19-43(39-44)33-35-64(42(4)7-3)53-26-13-8-21-45(53)46-22-9-14-27-54(46)64/h1-2,8-32,39-42,57H,7,37-38H2,3-4H3. The number of fused-ring (bicyclic) bond motifs is 10. The molecular formula is C65H44N2O2. The van der Waals surface area contributed by atoms with Gasteiger partial charge in [-0.15, -0.1) is 12.8 Å². The fourth-order valence-corrected chi connectivity index (χ4v) is 11.9. The van der Waals surface area contributed by atoms with Gasteiger partial charge >= 0.3 is 0 Å². The molecule has 69 heavy (non-hydrogen) atoms. The van der Waals surface area contributed by atoms with Crippen molar-refractivity contribution in [3.05, 3.63) is 229 Å². The zero-order valence-electron chi connectivity index (χ0n) is 38.3. The number of pyridine rings is 2. The molecule has 0 bridgehead atoms. The van der Waals surface area contributed by atoms with Gasteiger partial charge in [0.1, 0.15) is 0 Å². The van der Waals surface area contributed by atoms with Crippen LogP contribution in [0.3, 0.4) is 0 Å². The lowest BCUT2D eigenvalue weighted by Crippen LogP contribution is -2.33. The summed E-state index contributed by atoms with van der Waals surface area (Å²) in [4.78, 5) is 29.4. The van der Waals surface area contributed by atoms with Crippen LogP contribution >= 0.6 is 0 Å². The predicted molar refractivity (Wildman–Crippen MR) is 282 cm³/mol. The van der Waals surface area contributed by atoms with Gasteiger partial charge in [0.2, 0.25) is 0 Å². The SMILES string of the molecule is C#CCn1c2c(c(=O)c3cc4c(cc31)c(=O)c1ccccc1n4CC#C)C=CC2C1(C#Cc2cccc(C#CC3(C(C)CC)c4ccccc4-c4ccccc43)c2)c2ccccc2-c2ccccc21. The topological polar surface area (TPSA) is 44.0 Å². The van der Waals surface area contributed by atoms with Crippen LogP contribution in [-0.4, -0.2) is 9.13 Å². The minimum atomic E-state index is -0.947. The quantitative estimate of drug-likeness (QED) is 0.128.